The lowest BCUT2D eigenvalue weighted by molar-refractivity contribution is 0.0642. The summed E-state index contributed by atoms with van der Waals surface area (Å²) < 4.78 is 5.84. The summed E-state index contributed by atoms with van der Waals surface area (Å²) in [6.45, 7) is 7.29. The monoisotopic (exact) mass is 445 g/mol. The van der Waals surface area contributed by atoms with Crippen molar-refractivity contribution in [3.63, 3.8) is 0 Å². The second-order valence-corrected chi connectivity index (χ2v) is 7.72. The molecule has 1 aromatic heterocycles. The number of benzene rings is 1. The minimum absolute atomic E-state index is 0. The molecule has 0 radical (unpaired) electrons. The number of aryl methyl sites for hydroxylation is 1. The lowest BCUT2D eigenvalue weighted by atomic mass is 10.0. The first-order valence-corrected chi connectivity index (χ1v) is 10.2. The van der Waals surface area contributed by atoms with Gasteiger partial charge < -0.3 is 15.0 Å². The van der Waals surface area contributed by atoms with Crippen LogP contribution in [0.25, 0.3) is 0 Å². The maximum atomic E-state index is 13.1. The van der Waals surface area contributed by atoms with Crippen LogP contribution >= 0.6 is 36.2 Å². The van der Waals surface area contributed by atoms with Crippen LogP contribution < -0.4 is 10.1 Å². The molecule has 5 nitrogen and oxygen atoms in total. The summed E-state index contributed by atoms with van der Waals surface area (Å²) in [5.41, 5.74) is 1.62. The Morgan fingerprint density at radius 3 is 2.71 bits per heavy atom. The molecule has 0 unspecified atom stereocenters. The fraction of sp³-hybridized carbons (Fsp3) is 0.500. The highest BCUT2D eigenvalue weighted by molar-refractivity contribution is 7.09. The van der Waals surface area contributed by atoms with Crippen LogP contribution in [0.3, 0.4) is 0 Å². The molecule has 8 heteroatoms. The van der Waals surface area contributed by atoms with Gasteiger partial charge in [-0.1, -0.05) is 13.0 Å². The molecule has 1 N–H and O–H groups in total. The number of halogens is 2. The number of hydrogen-bond donors (Lipinski definition) is 1. The maximum absolute atomic E-state index is 13.1. The van der Waals surface area contributed by atoms with Gasteiger partial charge in [-0.2, -0.15) is 0 Å². The van der Waals surface area contributed by atoms with E-state index in [0.29, 0.717) is 24.0 Å². The molecule has 0 saturated carbocycles. The maximum Gasteiger partial charge on any atom is 0.254 e. The molecule has 1 aliphatic heterocycles. The molecule has 1 saturated heterocycles. The summed E-state index contributed by atoms with van der Waals surface area (Å²) in [4.78, 5) is 19.6. The second-order valence-electron chi connectivity index (χ2n) is 6.65. The van der Waals surface area contributed by atoms with Crippen LogP contribution in [0.15, 0.2) is 29.6 Å². The molecular weight excluding hydrogens is 417 g/mol. The van der Waals surface area contributed by atoms with Crippen LogP contribution in [0, 0.1) is 6.92 Å². The van der Waals surface area contributed by atoms with Gasteiger partial charge in [-0.15, -0.1) is 36.2 Å². The number of ether oxygens (including phenoxy) is 1. The standard InChI is InChI=1S/C20H27N3O2S.2ClH/c1-3-11-23(18-7-9-21-10-8-18)20(24)16-5-4-6-19(12-16)25-13-17-14-26-15(2)22-17;;/h4-6,12,14,18,21H,3,7-11,13H2,1-2H3;2*1H. The lowest BCUT2D eigenvalue weighted by Crippen LogP contribution is -2.46. The predicted octanol–water partition coefficient (Wildman–Crippen LogP) is 4.48. The van der Waals surface area contributed by atoms with Crippen molar-refractivity contribution in [2.75, 3.05) is 19.6 Å². The first kappa shape index (κ1) is 24.7. The van der Waals surface area contributed by atoms with E-state index in [2.05, 4.69) is 17.2 Å². The Hall–Kier alpha value is -1.34. The summed E-state index contributed by atoms with van der Waals surface area (Å²) in [5.74, 6) is 0.817. The topological polar surface area (TPSA) is 54.5 Å². The van der Waals surface area contributed by atoms with Gasteiger partial charge in [0, 0.05) is 23.5 Å². The molecule has 1 fully saturated rings. The van der Waals surface area contributed by atoms with Crippen molar-refractivity contribution in [2.45, 2.75) is 45.8 Å². The quantitative estimate of drug-likeness (QED) is 0.682. The van der Waals surface area contributed by atoms with E-state index in [1.54, 1.807) is 11.3 Å². The Morgan fingerprint density at radius 1 is 1.32 bits per heavy atom. The predicted molar refractivity (Wildman–Crippen MR) is 119 cm³/mol. The van der Waals surface area contributed by atoms with Crippen LogP contribution in [0.1, 0.15) is 47.2 Å². The van der Waals surface area contributed by atoms with Gasteiger partial charge in [0.05, 0.1) is 10.7 Å². The number of carbonyl (C=O) groups is 1. The summed E-state index contributed by atoms with van der Waals surface area (Å²) in [6.07, 6.45) is 3.01. The molecule has 0 spiro atoms. The molecule has 0 atom stereocenters. The number of nitrogens with zero attached hydrogens (tertiary/aromatic N) is 2. The van der Waals surface area contributed by atoms with Crippen molar-refractivity contribution in [3.8, 4) is 5.75 Å². The van der Waals surface area contributed by atoms with Gasteiger partial charge >= 0.3 is 0 Å². The number of amides is 1. The minimum Gasteiger partial charge on any atom is -0.487 e. The average Bonchev–Trinajstić information content (AvgIpc) is 3.10. The average molecular weight is 446 g/mol. The minimum atomic E-state index is 0. The molecule has 1 amide bonds. The lowest BCUT2D eigenvalue weighted by Gasteiger charge is -2.34. The molecule has 0 bridgehead atoms. The Labute approximate surface area is 183 Å². The van der Waals surface area contributed by atoms with Crippen molar-refractivity contribution in [3.05, 3.63) is 45.9 Å². The number of carbonyl (C=O) groups excluding carboxylic acids is 1. The zero-order valence-corrected chi connectivity index (χ0v) is 18.8. The second kappa shape index (κ2) is 12.3. The Bertz CT molecular complexity index is 736. The van der Waals surface area contributed by atoms with E-state index < -0.39 is 0 Å². The van der Waals surface area contributed by atoms with Crippen molar-refractivity contribution >= 4 is 42.1 Å². The number of piperidine rings is 1. The molecule has 3 rings (SSSR count). The number of thiazole rings is 1. The number of rotatable bonds is 7. The van der Waals surface area contributed by atoms with E-state index in [9.17, 15) is 4.79 Å². The van der Waals surface area contributed by atoms with Crippen LogP contribution in [-0.4, -0.2) is 41.5 Å². The number of aromatic nitrogens is 1. The van der Waals surface area contributed by atoms with Gasteiger partial charge in [-0.05, 0) is 57.5 Å². The van der Waals surface area contributed by atoms with Gasteiger partial charge in [-0.3, -0.25) is 4.79 Å². The molecular formula is C20H29Cl2N3O2S. The molecule has 1 aromatic carbocycles. The van der Waals surface area contributed by atoms with Crippen LogP contribution in [0.4, 0.5) is 0 Å². The zero-order valence-electron chi connectivity index (χ0n) is 16.3. The van der Waals surface area contributed by atoms with Gasteiger partial charge in [0.15, 0.2) is 0 Å². The van der Waals surface area contributed by atoms with Crippen molar-refractivity contribution in [2.24, 2.45) is 0 Å². The highest BCUT2D eigenvalue weighted by atomic mass is 35.5. The molecule has 28 heavy (non-hydrogen) atoms. The van der Waals surface area contributed by atoms with Gasteiger partial charge in [0.25, 0.3) is 5.91 Å². The molecule has 2 heterocycles. The van der Waals surface area contributed by atoms with Gasteiger partial charge in [0.1, 0.15) is 12.4 Å². The third-order valence-electron chi connectivity index (χ3n) is 4.61. The van der Waals surface area contributed by atoms with E-state index in [1.165, 1.54) is 0 Å². The number of nitrogens with one attached hydrogen (secondary N) is 1. The fourth-order valence-electron chi connectivity index (χ4n) is 3.33. The van der Waals surface area contributed by atoms with Crippen molar-refractivity contribution in [1.29, 1.82) is 0 Å². The number of hydrogen-bond acceptors (Lipinski definition) is 5. The summed E-state index contributed by atoms with van der Waals surface area (Å²) in [5, 5.41) is 6.41. The third kappa shape index (κ3) is 6.62. The summed E-state index contributed by atoms with van der Waals surface area (Å²) in [7, 11) is 0. The summed E-state index contributed by atoms with van der Waals surface area (Å²) >= 11 is 1.62. The first-order valence-electron chi connectivity index (χ1n) is 9.33. The highest BCUT2D eigenvalue weighted by Gasteiger charge is 2.25. The van der Waals surface area contributed by atoms with Crippen molar-refractivity contribution < 1.29 is 9.53 Å². The Balaban J connectivity index is 0.00000196. The third-order valence-corrected chi connectivity index (χ3v) is 5.43. The van der Waals surface area contributed by atoms with Gasteiger partial charge in [0.2, 0.25) is 0 Å². The van der Waals surface area contributed by atoms with Crippen molar-refractivity contribution in [1.82, 2.24) is 15.2 Å². The smallest absolute Gasteiger partial charge is 0.254 e. The summed E-state index contributed by atoms with van der Waals surface area (Å²) in [6, 6.07) is 7.84. The van der Waals surface area contributed by atoms with E-state index >= 15 is 0 Å². The molecule has 156 valence electrons. The zero-order chi connectivity index (χ0) is 18.4. The SMILES string of the molecule is CCCN(C(=O)c1cccc(OCc2csc(C)n2)c1)C1CCNCC1.Cl.Cl. The van der Waals surface area contributed by atoms with E-state index in [4.69, 9.17) is 4.74 Å². The Kier molecular flexibility index (Phi) is 10.8. The largest absolute Gasteiger partial charge is 0.487 e. The fourth-order valence-corrected chi connectivity index (χ4v) is 3.92. The first-order chi connectivity index (χ1) is 12.7. The van der Waals surface area contributed by atoms with Gasteiger partial charge in [-0.25, -0.2) is 4.98 Å². The molecule has 0 aliphatic carbocycles. The van der Waals surface area contributed by atoms with Crippen LogP contribution in [-0.2, 0) is 6.61 Å². The van der Waals surface area contributed by atoms with Crippen LogP contribution in [0.5, 0.6) is 5.75 Å². The normalized spacial score (nSPS) is 13.9. The van der Waals surface area contributed by atoms with E-state index in [0.717, 1.165) is 49.6 Å². The van der Waals surface area contributed by atoms with Crippen LogP contribution in [0.2, 0.25) is 0 Å². The Morgan fingerprint density at radius 2 is 2.07 bits per heavy atom. The van der Waals surface area contributed by atoms with E-state index in [1.807, 2.05) is 41.5 Å². The van der Waals surface area contributed by atoms with E-state index in [-0.39, 0.29) is 30.7 Å². The molecule has 2 aromatic rings. The molecule has 1 aliphatic rings. The highest BCUT2D eigenvalue weighted by Crippen LogP contribution is 2.20.